The van der Waals surface area contributed by atoms with Crippen molar-refractivity contribution < 1.29 is 9.59 Å². The monoisotopic (exact) mass is 550 g/mol. The maximum Gasteiger partial charge on any atom is 0.237 e. The van der Waals surface area contributed by atoms with Crippen LogP contribution in [-0.4, -0.2) is 56.1 Å². The third kappa shape index (κ3) is 4.41. The molecule has 3 heterocycles. The number of fused-ring (bicyclic) bond motifs is 2. The van der Waals surface area contributed by atoms with Crippen molar-refractivity contribution in [2.24, 2.45) is 5.41 Å². The first kappa shape index (κ1) is 24.2. The molecule has 1 aromatic carbocycles. The van der Waals surface area contributed by atoms with E-state index in [0.29, 0.717) is 35.7 Å². The molecule has 186 valence electrons. The highest BCUT2D eigenvalue weighted by atomic mass is 79.9. The molecular formula is C25H27BrN8O2. The number of hydrogen-bond donors (Lipinski definition) is 2. The van der Waals surface area contributed by atoms with Gasteiger partial charge in [0.05, 0.1) is 17.1 Å². The topological polar surface area (TPSA) is 129 Å². The summed E-state index contributed by atoms with van der Waals surface area (Å²) in [6, 6.07) is 8.14. The van der Waals surface area contributed by atoms with Crippen LogP contribution in [-0.2, 0) is 22.6 Å². The highest BCUT2D eigenvalue weighted by Crippen LogP contribution is 2.39. The van der Waals surface area contributed by atoms with Crippen LogP contribution in [0.4, 0.5) is 5.95 Å². The molecule has 1 saturated carbocycles. The van der Waals surface area contributed by atoms with Gasteiger partial charge in [-0.25, -0.2) is 9.67 Å². The van der Waals surface area contributed by atoms with E-state index in [-0.39, 0.29) is 24.3 Å². The summed E-state index contributed by atoms with van der Waals surface area (Å²) < 4.78 is 2.41. The second-order valence-corrected chi connectivity index (χ2v) is 10.5. The van der Waals surface area contributed by atoms with Crippen molar-refractivity contribution in [3.63, 3.8) is 0 Å². The number of nitriles is 1. The molecule has 1 fully saturated rings. The van der Waals surface area contributed by atoms with E-state index in [1.54, 1.807) is 22.8 Å². The molecule has 0 saturated heterocycles. The minimum Gasteiger partial charge on any atom is -0.359 e. The number of carbonyl (C=O) groups is 2. The van der Waals surface area contributed by atoms with Crippen LogP contribution >= 0.6 is 15.9 Å². The number of halogens is 1. The van der Waals surface area contributed by atoms with Crippen molar-refractivity contribution in [2.45, 2.75) is 51.6 Å². The number of rotatable bonds is 5. The number of amides is 2. The third-order valence-corrected chi connectivity index (χ3v) is 7.84. The van der Waals surface area contributed by atoms with Crippen LogP contribution in [0, 0.1) is 16.7 Å². The molecule has 0 unspecified atom stereocenters. The molecule has 2 aliphatic rings. The fourth-order valence-electron chi connectivity index (χ4n) is 5.24. The van der Waals surface area contributed by atoms with E-state index in [0.717, 1.165) is 35.9 Å². The van der Waals surface area contributed by atoms with Gasteiger partial charge in [-0.15, -0.1) is 0 Å². The number of nitrogens with one attached hydrogen (secondary N) is 2. The molecule has 0 bridgehead atoms. The Balaban J connectivity index is 1.42. The van der Waals surface area contributed by atoms with Crippen molar-refractivity contribution in [3.8, 4) is 11.8 Å². The molecule has 10 nitrogen and oxygen atoms in total. The molecule has 36 heavy (non-hydrogen) atoms. The third-order valence-electron chi connectivity index (χ3n) is 7.26. The Morgan fingerprint density at radius 1 is 1.33 bits per heavy atom. The lowest BCUT2D eigenvalue weighted by molar-refractivity contribution is -0.131. The summed E-state index contributed by atoms with van der Waals surface area (Å²) in [7, 11) is 1.67. The number of nitrogens with zero attached hydrogens (tertiary/aromatic N) is 6. The molecule has 11 heteroatoms. The summed E-state index contributed by atoms with van der Waals surface area (Å²) in [6.45, 7) is 3.08. The number of anilines is 1. The van der Waals surface area contributed by atoms with Gasteiger partial charge in [-0.1, -0.05) is 13.0 Å². The van der Waals surface area contributed by atoms with Gasteiger partial charge in [0.1, 0.15) is 11.0 Å². The molecular weight excluding hydrogens is 524 g/mol. The van der Waals surface area contributed by atoms with E-state index >= 15 is 0 Å². The van der Waals surface area contributed by atoms with Gasteiger partial charge in [-0.3, -0.25) is 9.59 Å². The lowest BCUT2D eigenvalue weighted by Gasteiger charge is -2.28. The van der Waals surface area contributed by atoms with Crippen molar-refractivity contribution in [1.82, 2.24) is 30.0 Å². The summed E-state index contributed by atoms with van der Waals surface area (Å²) in [5, 5.41) is 20.5. The minimum atomic E-state index is -0.396. The van der Waals surface area contributed by atoms with Gasteiger partial charge in [-0.05, 0) is 64.9 Å². The lowest BCUT2D eigenvalue weighted by Crippen LogP contribution is -2.35. The lowest BCUT2D eigenvalue weighted by atomic mass is 9.87. The smallest absolute Gasteiger partial charge is 0.237 e. The molecule has 2 N–H and O–H groups in total. The summed E-state index contributed by atoms with van der Waals surface area (Å²) in [6.07, 6.45) is 4.76. The standard InChI is InChI=1S/C25H27BrN8O2/c1-25(23(36)28-2)8-5-17(12-25)30-24-29-13-19-21(26)32-34(22(19)31-24)18-4-3-15-7-10-33(14-16(15)11-18)20(35)6-9-27/h3-4,11,13,17H,5-8,10,12,14H2,1-2H3,(H,28,36)(H,29,30,31)/t17-,25-/m1/s1. The van der Waals surface area contributed by atoms with Crippen molar-refractivity contribution in [3.05, 3.63) is 40.1 Å². The average molecular weight is 551 g/mol. The fourth-order valence-corrected chi connectivity index (χ4v) is 5.68. The van der Waals surface area contributed by atoms with E-state index in [1.807, 2.05) is 25.1 Å². The Bertz CT molecular complexity index is 1400. The maximum absolute atomic E-state index is 12.3. The number of carbonyl (C=O) groups excluding carboxylic acids is 2. The van der Waals surface area contributed by atoms with E-state index in [2.05, 4.69) is 42.7 Å². The molecule has 2 aromatic heterocycles. The van der Waals surface area contributed by atoms with E-state index in [9.17, 15) is 9.59 Å². The van der Waals surface area contributed by atoms with Crippen molar-refractivity contribution in [1.29, 1.82) is 5.26 Å². The molecule has 0 spiro atoms. The van der Waals surface area contributed by atoms with Crippen LogP contribution in [0.2, 0.25) is 0 Å². The summed E-state index contributed by atoms with van der Waals surface area (Å²) in [4.78, 5) is 35.5. The van der Waals surface area contributed by atoms with Gasteiger partial charge in [0.2, 0.25) is 17.8 Å². The fraction of sp³-hybridized carbons (Fsp3) is 0.440. The quantitative estimate of drug-likeness (QED) is 0.499. The number of hydrogen-bond acceptors (Lipinski definition) is 7. The van der Waals surface area contributed by atoms with Gasteiger partial charge in [-0.2, -0.15) is 15.3 Å². The second-order valence-electron chi connectivity index (χ2n) is 9.71. The van der Waals surface area contributed by atoms with Crippen molar-refractivity contribution >= 4 is 44.7 Å². The van der Waals surface area contributed by atoms with E-state index in [4.69, 9.17) is 10.2 Å². The van der Waals surface area contributed by atoms with Crippen molar-refractivity contribution in [2.75, 3.05) is 18.9 Å². The average Bonchev–Trinajstić information content (AvgIpc) is 3.43. The maximum atomic E-state index is 12.3. The molecule has 2 atom stereocenters. The Labute approximate surface area is 217 Å². The van der Waals surface area contributed by atoms with Gasteiger partial charge < -0.3 is 15.5 Å². The van der Waals surface area contributed by atoms with Crippen LogP contribution in [0.25, 0.3) is 16.7 Å². The zero-order chi connectivity index (χ0) is 25.4. The predicted octanol–water partition coefficient (Wildman–Crippen LogP) is 3.09. The Kier molecular flexibility index (Phi) is 6.38. The van der Waals surface area contributed by atoms with E-state index < -0.39 is 5.41 Å². The molecule has 1 aliphatic heterocycles. The van der Waals surface area contributed by atoms with Crippen LogP contribution in [0.1, 0.15) is 43.7 Å². The van der Waals surface area contributed by atoms with Crippen LogP contribution in [0.3, 0.4) is 0 Å². The SMILES string of the molecule is CNC(=O)[C@]1(C)CC[C@@H](Nc2ncc3c(Br)nn(-c4ccc5c(c4)CN(C(=O)CC#N)CC5)c3n2)C1. The predicted molar refractivity (Wildman–Crippen MR) is 137 cm³/mol. The van der Waals surface area contributed by atoms with Gasteiger partial charge in [0, 0.05) is 37.8 Å². The Morgan fingerprint density at radius 3 is 2.94 bits per heavy atom. The van der Waals surface area contributed by atoms with Gasteiger partial charge in [0.15, 0.2) is 5.65 Å². The molecule has 1 aliphatic carbocycles. The normalized spacial score (nSPS) is 21.2. The zero-order valence-electron chi connectivity index (χ0n) is 20.2. The highest BCUT2D eigenvalue weighted by molar-refractivity contribution is 9.10. The Morgan fingerprint density at radius 2 is 2.17 bits per heavy atom. The summed E-state index contributed by atoms with van der Waals surface area (Å²) >= 11 is 3.53. The first-order valence-corrected chi connectivity index (χ1v) is 12.8. The highest BCUT2D eigenvalue weighted by Gasteiger charge is 2.41. The minimum absolute atomic E-state index is 0.0606. The first-order chi connectivity index (χ1) is 17.3. The summed E-state index contributed by atoms with van der Waals surface area (Å²) in [5.41, 5.74) is 3.31. The van der Waals surface area contributed by atoms with Gasteiger partial charge >= 0.3 is 0 Å². The van der Waals surface area contributed by atoms with E-state index in [1.165, 1.54) is 5.56 Å². The molecule has 2 amide bonds. The van der Waals surface area contributed by atoms with Gasteiger partial charge in [0.25, 0.3) is 0 Å². The first-order valence-electron chi connectivity index (χ1n) is 12.0. The van der Waals surface area contributed by atoms with Crippen LogP contribution < -0.4 is 10.6 Å². The molecule has 3 aromatic rings. The number of benzene rings is 1. The molecule has 0 radical (unpaired) electrons. The zero-order valence-corrected chi connectivity index (χ0v) is 21.8. The Hall–Kier alpha value is -3.52. The number of aromatic nitrogens is 4. The summed E-state index contributed by atoms with van der Waals surface area (Å²) in [5.74, 6) is 0.405. The molecule has 5 rings (SSSR count). The van der Waals surface area contributed by atoms with Crippen LogP contribution in [0.15, 0.2) is 29.0 Å². The largest absolute Gasteiger partial charge is 0.359 e. The second kappa shape index (κ2) is 9.50. The van der Waals surface area contributed by atoms with Crippen LogP contribution in [0.5, 0.6) is 0 Å².